The number of urea groups is 1. The van der Waals surface area contributed by atoms with E-state index in [1.807, 2.05) is 55.5 Å². The summed E-state index contributed by atoms with van der Waals surface area (Å²) in [5.74, 6) is 0.347. The Morgan fingerprint density at radius 3 is 2.49 bits per heavy atom. The molecule has 0 atom stereocenters. The highest BCUT2D eigenvalue weighted by Crippen LogP contribution is 2.27. The van der Waals surface area contributed by atoms with Gasteiger partial charge in [0.25, 0.3) is 0 Å². The summed E-state index contributed by atoms with van der Waals surface area (Å²) in [5.41, 5.74) is 4.88. The number of nitrogens with one attached hydrogen (secondary N) is 2. The highest BCUT2D eigenvalue weighted by molar-refractivity contribution is 5.94. The second kappa shape index (κ2) is 12.6. The van der Waals surface area contributed by atoms with Crippen LogP contribution in [0, 0.1) is 13.8 Å². The number of hydrogen-bond donors (Lipinski definition) is 2. The van der Waals surface area contributed by atoms with Crippen molar-refractivity contribution in [3.63, 3.8) is 0 Å². The van der Waals surface area contributed by atoms with Crippen molar-refractivity contribution in [2.24, 2.45) is 0 Å². The first-order valence-corrected chi connectivity index (χ1v) is 13.5. The van der Waals surface area contributed by atoms with Crippen LogP contribution in [-0.4, -0.2) is 45.8 Å². The number of aromatic nitrogens is 2. The fourth-order valence-electron chi connectivity index (χ4n) is 4.92. The maximum absolute atomic E-state index is 13.3. The lowest BCUT2D eigenvalue weighted by Crippen LogP contribution is -2.48. The molecule has 7 nitrogen and oxygen atoms in total. The molecule has 1 heterocycles. The molecule has 4 rings (SSSR count). The summed E-state index contributed by atoms with van der Waals surface area (Å²) < 4.78 is 1.79. The number of carbonyl (C=O) groups excluding carboxylic acids is 2. The van der Waals surface area contributed by atoms with Gasteiger partial charge < -0.3 is 15.5 Å². The molecule has 1 fully saturated rings. The smallest absolute Gasteiger partial charge is 0.318 e. The third-order valence-electron chi connectivity index (χ3n) is 6.96. The van der Waals surface area contributed by atoms with Crippen molar-refractivity contribution in [3.05, 3.63) is 65.7 Å². The summed E-state index contributed by atoms with van der Waals surface area (Å²) in [6.45, 7) is 6.73. The molecule has 37 heavy (non-hydrogen) atoms. The molecule has 1 aliphatic carbocycles. The minimum Gasteiger partial charge on any atom is -0.335 e. The summed E-state index contributed by atoms with van der Waals surface area (Å²) in [4.78, 5) is 28.0. The van der Waals surface area contributed by atoms with Crippen LogP contribution in [0.3, 0.4) is 0 Å². The fourth-order valence-corrected chi connectivity index (χ4v) is 4.92. The lowest BCUT2D eigenvalue weighted by Gasteiger charge is -2.28. The standard InChI is InChI=1S/C30H39N5O2/c1-4-5-18-34(30(37)31-25-14-10-7-11-15-25)21-29(36)32-28-20-26(24-12-8-6-9-13-24)33-35(28)27-17-16-22(2)19-23(27)3/h6,8-9,12-13,16-17,19-20,25H,4-5,7,10-11,14-15,18,21H2,1-3H3,(H,31,37)(H,32,36). The van der Waals surface area contributed by atoms with E-state index in [2.05, 4.69) is 30.5 Å². The molecule has 0 unspecified atom stereocenters. The van der Waals surface area contributed by atoms with Crippen LogP contribution in [0.15, 0.2) is 54.6 Å². The van der Waals surface area contributed by atoms with Crippen molar-refractivity contribution in [1.82, 2.24) is 20.0 Å². The van der Waals surface area contributed by atoms with E-state index in [4.69, 9.17) is 5.10 Å². The zero-order valence-electron chi connectivity index (χ0n) is 22.3. The van der Waals surface area contributed by atoms with Gasteiger partial charge in [-0.25, -0.2) is 9.48 Å². The van der Waals surface area contributed by atoms with Gasteiger partial charge in [0.05, 0.1) is 11.4 Å². The first-order chi connectivity index (χ1) is 17.9. The number of nitrogens with zero attached hydrogens (tertiary/aromatic N) is 3. The Morgan fingerprint density at radius 2 is 1.78 bits per heavy atom. The molecular formula is C30H39N5O2. The lowest BCUT2D eigenvalue weighted by atomic mass is 9.96. The van der Waals surface area contributed by atoms with Crippen molar-refractivity contribution in [2.75, 3.05) is 18.4 Å². The van der Waals surface area contributed by atoms with Gasteiger partial charge in [-0.3, -0.25) is 4.79 Å². The molecule has 0 radical (unpaired) electrons. The Morgan fingerprint density at radius 1 is 1.03 bits per heavy atom. The molecule has 2 N–H and O–H groups in total. The highest BCUT2D eigenvalue weighted by atomic mass is 16.2. The summed E-state index contributed by atoms with van der Waals surface area (Å²) in [5, 5.41) is 11.1. The van der Waals surface area contributed by atoms with E-state index in [1.54, 1.807) is 9.58 Å². The fraction of sp³-hybridized carbons (Fsp3) is 0.433. The van der Waals surface area contributed by atoms with Crippen LogP contribution in [0.25, 0.3) is 16.9 Å². The minimum atomic E-state index is -0.236. The van der Waals surface area contributed by atoms with Crippen LogP contribution in [0.4, 0.5) is 10.6 Å². The minimum absolute atomic E-state index is 0.00269. The Kier molecular flexibility index (Phi) is 8.99. The largest absolute Gasteiger partial charge is 0.335 e. The van der Waals surface area contributed by atoms with Crippen molar-refractivity contribution >= 4 is 17.8 Å². The molecule has 3 amide bonds. The van der Waals surface area contributed by atoms with Gasteiger partial charge >= 0.3 is 6.03 Å². The average molecular weight is 502 g/mol. The van der Waals surface area contributed by atoms with E-state index < -0.39 is 0 Å². The Balaban J connectivity index is 1.55. The van der Waals surface area contributed by atoms with Crippen LogP contribution < -0.4 is 10.6 Å². The maximum atomic E-state index is 13.3. The molecule has 0 spiro atoms. The molecule has 0 aliphatic heterocycles. The van der Waals surface area contributed by atoms with Gasteiger partial charge in [-0.15, -0.1) is 0 Å². The SMILES string of the molecule is CCCCN(CC(=O)Nc1cc(-c2ccccc2)nn1-c1ccc(C)cc1C)C(=O)NC1CCCCC1. The van der Waals surface area contributed by atoms with E-state index >= 15 is 0 Å². The van der Waals surface area contributed by atoms with E-state index in [1.165, 1.54) is 6.42 Å². The second-order valence-electron chi connectivity index (χ2n) is 10.1. The van der Waals surface area contributed by atoms with Crippen molar-refractivity contribution in [3.8, 4) is 16.9 Å². The normalized spacial score (nSPS) is 13.8. The molecule has 3 aromatic rings. The Hall–Kier alpha value is -3.61. The molecule has 0 bridgehead atoms. The molecule has 196 valence electrons. The van der Waals surface area contributed by atoms with Gasteiger partial charge in [0, 0.05) is 24.2 Å². The first-order valence-electron chi connectivity index (χ1n) is 13.5. The van der Waals surface area contributed by atoms with Crippen LogP contribution in [-0.2, 0) is 4.79 Å². The third-order valence-corrected chi connectivity index (χ3v) is 6.96. The first kappa shape index (κ1) is 26.5. The Labute approximate surface area is 220 Å². The highest BCUT2D eigenvalue weighted by Gasteiger charge is 2.23. The van der Waals surface area contributed by atoms with Crippen LogP contribution in [0.2, 0.25) is 0 Å². The van der Waals surface area contributed by atoms with Crippen molar-refractivity contribution in [2.45, 2.75) is 71.8 Å². The number of rotatable bonds is 9. The zero-order chi connectivity index (χ0) is 26.2. The maximum Gasteiger partial charge on any atom is 0.318 e. The number of amides is 3. The third kappa shape index (κ3) is 7.00. The lowest BCUT2D eigenvalue weighted by molar-refractivity contribution is -0.116. The van der Waals surface area contributed by atoms with E-state index in [-0.39, 0.29) is 24.5 Å². The molecule has 7 heteroatoms. The summed E-state index contributed by atoms with van der Waals surface area (Å²) in [6, 6.07) is 18.0. The summed E-state index contributed by atoms with van der Waals surface area (Å²) in [7, 11) is 0. The quantitative estimate of drug-likeness (QED) is 0.364. The number of unbranched alkanes of at least 4 members (excludes halogenated alkanes) is 1. The molecule has 1 saturated carbocycles. The van der Waals surface area contributed by atoms with Crippen molar-refractivity contribution < 1.29 is 9.59 Å². The molecule has 1 aliphatic rings. The van der Waals surface area contributed by atoms with Crippen LogP contribution in [0.5, 0.6) is 0 Å². The number of benzene rings is 2. The summed E-state index contributed by atoms with van der Waals surface area (Å²) in [6.07, 6.45) is 7.35. The van der Waals surface area contributed by atoms with Gasteiger partial charge in [0.15, 0.2) is 0 Å². The van der Waals surface area contributed by atoms with Gasteiger partial charge in [-0.05, 0) is 44.7 Å². The molecule has 0 saturated heterocycles. The van der Waals surface area contributed by atoms with E-state index in [0.29, 0.717) is 12.4 Å². The predicted octanol–water partition coefficient (Wildman–Crippen LogP) is 6.24. The van der Waals surface area contributed by atoms with Gasteiger partial charge in [0.1, 0.15) is 12.4 Å². The predicted molar refractivity (Wildman–Crippen MR) is 149 cm³/mol. The molecule has 1 aromatic heterocycles. The summed E-state index contributed by atoms with van der Waals surface area (Å²) >= 11 is 0. The number of aryl methyl sites for hydroxylation is 2. The van der Waals surface area contributed by atoms with Crippen LogP contribution in [0.1, 0.15) is 63.0 Å². The number of carbonyl (C=O) groups is 2. The average Bonchev–Trinajstić information content (AvgIpc) is 3.30. The monoisotopic (exact) mass is 501 g/mol. The van der Waals surface area contributed by atoms with Gasteiger partial charge in [-0.1, -0.05) is 80.6 Å². The second-order valence-corrected chi connectivity index (χ2v) is 10.1. The zero-order valence-corrected chi connectivity index (χ0v) is 22.3. The van der Waals surface area contributed by atoms with Gasteiger partial charge in [0.2, 0.25) is 5.91 Å². The number of anilines is 1. The van der Waals surface area contributed by atoms with E-state index in [0.717, 1.165) is 66.6 Å². The molecular weight excluding hydrogens is 462 g/mol. The van der Waals surface area contributed by atoms with Crippen molar-refractivity contribution in [1.29, 1.82) is 0 Å². The Bertz CT molecular complexity index is 1200. The van der Waals surface area contributed by atoms with E-state index in [9.17, 15) is 9.59 Å². The molecule has 2 aromatic carbocycles. The topological polar surface area (TPSA) is 79.3 Å². The van der Waals surface area contributed by atoms with Crippen LogP contribution >= 0.6 is 0 Å². The van der Waals surface area contributed by atoms with Gasteiger partial charge in [-0.2, -0.15) is 5.10 Å². The number of hydrogen-bond acceptors (Lipinski definition) is 3.